The molecule has 1 aromatic heterocycles. The number of aliphatic hydroxyl groups excluding tert-OH is 1. The lowest BCUT2D eigenvalue weighted by Crippen LogP contribution is -2.79. The number of hydrogen-bond donors (Lipinski definition) is 3. The lowest BCUT2D eigenvalue weighted by molar-refractivity contribution is -0.138. The zero-order valence-electron chi connectivity index (χ0n) is 20.8. The lowest BCUT2D eigenvalue weighted by Gasteiger charge is -2.51. The number of benzene rings is 1. The number of carbonyl (C=O) groups excluding carboxylic acids is 2. The largest absolute Gasteiger partial charge is 0.492 e. The van der Waals surface area contributed by atoms with Gasteiger partial charge in [-0.25, -0.2) is 4.79 Å². The molecule has 0 saturated carbocycles. The van der Waals surface area contributed by atoms with Gasteiger partial charge in [-0.1, -0.05) is 32.8 Å². The van der Waals surface area contributed by atoms with Crippen LogP contribution in [0.3, 0.4) is 0 Å². The Balaban J connectivity index is 1.52. The number of rotatable bonds is 10. The van der Waals surface area contributed by atoms with Crippen LogP contribution in [-0.4, -0.2) is 82.9 Å². The number of piperazine rings is 1. The molecule has 2 saturated heterocycles. The summed E-state index contributed by atoms with van der Waals surface area (Å²) in [6.45, 7) is 5.24. The molecule has 0 bridgehead atoms. The molecule has 4 rings (SSSR count). The highest BCUT2D eigenvalue weighted by atomic mass is 16.5. The fourth-order valence-corrected chi connectivity index (χ4v) is 4.97. The average Bonchev–Trinajstić information content (AvgIpc) is 2.86. The molecule has 3 N–H and O–H groups in total. The number of aliphatic hydroxyl groups is 1. The van der Waals surface area contributed by atoms with Crippen molar-refractivity contribution in [2.24, 2.45) is 5.92 Å². The number of amides is 3. The predicted octanol–water partition coefficient (Wildman–Crippen LogP) is 2.34. The number of nitrogens with one attached hydrogen (secondary N) is 2. The molecule has 2 aliphatic rings. The smallest absolute Gasteiger partial charge is 0.327 e. The Kier molecular flexibility index (Phi) is 8.20. The minimum atomic E-state index is -0.514. The zero-order chi connectivity index (χ0) is 24.9. The van der Waals surface area contributed by atoms with Crippen molar-refractivity contribution in [3.05, 3.63) is 36.5 Å². The SMILES string of the molecule is CC(C)CN1C(=O)N(C)C(=O)C2NC(CCCCCO)C(COc3ccc4cccnc4c3)NC21. The summed E-state index contributed by atoms with van der Waals surface area (Å²) in [4.78, 5) is 33.4. The number of carbonyl (C=O) groups is 2. The number of nitrogens with zero attached hydrogens (tertiary/aromatic N) is 3. The van der Waals surface area contributed by atoms with E-state index in [0.29, 0.717) is 13.2 Å². The molecule has 3 heterocycles. The van der Waals surface area contributed by atoms with Crippen LogP contribution in [0.5, 0.6) is 5.75 Å². The molecule has 2 aliphatic heterocycles. The number of pyridine rings is 1. The molecule has 190 valence electrons. The summed E-state index contributed by atoms with van der Waals surface area (Å²) in [5.74, 6) is 0.778. The van der Waals surface area contributed by atoms with Gasteiger partial charge in [-0.15, -0.1) is 0 Å². The van der Waals surface area contributed by atoms with E-state index >= 15 is 0 Å². The minimum absolute atomic E-state index is 0.0139. The molecule has 0 aliphatic carbocycles. The Morgan fingerprint density at radius 3 is 2.71 bits per heavy atom. The fourth-order valence-electron chi connectivity index (χ4n) is 4.97. The molecule has 9 nitrogen and oxygen atoms in total. The van der Waals surface area contributed by atoms with E-state index in [1.807, 2.05) is 30.3 Å². The number of fused-ring (bicyclic) bond motifs is 2. The Labute approximate surface area is 206 Å². The highest BCUT2D eigenvalue weighted by molar-refractivity contribution is 6.00. The first kappa shape index (κ1) is 25.3. The van der Waals surface area contributed by atoms with Gasteiger partial charge in [-0.05, 0) is 37.0 Å². The third-order valence-corrected chi connectivity index (χ3v) is 6.79. The molecule has 4 atom stereocenters. The molecule has 2 aromatic rings. The summed E-state index contributed by atoms with van der Waals surface area (Å²) >= 11 is 0. The van der Waals surface area contributed by atoms with Crippen molar-refractivity contribution in [3.8, 4) is 5.75 Å². The van der Waals surface area contributed by atoms with E-state index in [-0.39, 0.29) is 36.5 Å². The van der Waals surface area contributed by atoms with Crippen LogP contribution in [0.1, 0.15) is 39.5 Å². The number of unbranched alkanes of at least 4 members (excludes halogenated alkanes) is 2. The van der Waals surface area contributed by atoms with Crippen molar-refractivity contribution in [1.29, 1.82) is 0 Å². The second kappa shape index (κ2) is 11.3. The van der Waals surface area contributed by atoms with Crippen LogP contribution in [0.2, 0.25) is 0 Å². The molecule has 35 heavy (non-hydrogen) atoms. The predicted molar refractivity (Wildman–Crippen MR) is 134 cm³/mol. The van der Waals surface area contributed by atoms with E-state index in [1.54, 1.807) is 18.1 Å². The number of urea groups is 1. The van der Waals surface area contributed by atoms with Gasteiger partial charge in [0.1, 0.15) is 24.6 Å². The average molecular weight is 484 g/mol. The minimum Gasteiger partial charge on any atom is -0.492 e. The number of ether oxygens (including phenoxy) is 1. The molecule has 2 fully saturated rings. The lowest BCUT2D eigenvalue weighted by atomic mass is 9.93. The van der Waals surface area contributed by atoms with Gasteiger partial charge in [0.15, 0.2) is 0 Å². The van der Waals surface area contributed by atoms with Gasteiger partial charge in [0.25, 0.3) is 5.91 Å². The Morgan fingerprint density at radius 1 is 1.11 bits per heavy atom. The summed E-state index contributed by atoms with van der Waals surface area (Å²) in [6, 6.07) is 8.87. The summed E-state index contributed by atoms with van der Waals surface area (Å²) in [5.41, 5.74) is 0.870. The van der Waals surface area contributed by atoms with Crippen LogP contribution in [-0.2, 0) is 4.79 Å². The summed E-state index contributed by atoms with van der Waals surface area (Å²) in [6.07, 6.45) is 4.76. The second-order valence-electron chi connectivity index (χ2n) is 9.94. The van der Waals surface area contributed by atoms with Crippen molar-refractivity contribution in [3.63, 3.8) is 0 Å². The number of likely N-dealkylation sites (N-methyl/N-ethyl adjacent to an activating group) is 1. The normalized spacial score (nSPS) is 24.8. The molecular weight excluding hydrogens is 446 g/mol. The summed E-state index contributed by atoms with van der Waals surface area (Å²) in [7, 11) is 1.55. The quantitative estimate of drug-likeness (QED) is 0.445. The third kappa shape index (κ3) is 5.74. The van der Waals surface area contributed by atoms with Gasteiger partial charge in [0.05, 0.1) is 11.6 Å². The summed E-state index contributed by atoms with van der Waals surface area (Å²) in [5, 5.41) is 17.3. The van der Waals surface area contributed by atoms with Crippen LogP contribution in [0.25, 0.3) is 10.9 Å². The van der Waals surface area contributed by atoms with Crippen LogP contribution in [0, 0.1) is 5.92 Å². The van der Waals surface area contributed by atoms with Crippen molar-refractivity contribution < 1.29 is 19.4 Å². The van der Waals surface area contributed by atoms with Gasteiger partial charge >= 0.3 is 6.03 Å². The Hall–Kier alpha value is -2.75. The molecule has 0 radical (unpaired) electrons. The highest BCUT2D eigenvalue weighted by Gasteiger charge is 2.50. The van der Waals surface area contributed by atoms with Gasteiger partial charge in [-0.3, -0.25) is 25.3 Å². The van der Waals surface area contributed by atoms with Gasteiger partial charge in [0.2, 0.25) is 0 Å². The van der Waals surface area contributed by atoms with E-state index in [1.165, 1.54) is 4.90 Å². The Morgan fingerprint density at radius 2 is 1.94 bits per heavy atom. The molecule has 0 spiro atoms. The Bertz CT molecular complexity index is 1030. The maximum absolute atomic E-state index is 13.0. The van der Waals surface area contributed by atoms with Crippen LogP contribution < -0.4 is 15.4 Å². The molecule has 1 aromatic carbocycles. The van der Waals surface area contributed by atoms with E-state index in [2.05, 4.69) is 29.5 Å². The van der Waals surface area contributed by atoms with E-state index in [9.17, 15) is 9.59 Å². The second-order valence-corrected chi connectivity index (χ2v) is 9.94. The van der Waals surface area contributed by atoms with Gasteiger partial charge in [0, 0.05) is 43.9 Å². The van der Waals surface area contributed by atoms with Crippen LogP contribution >= 0.6 is 0 Å². The first-order valence-corrected chi connectivity index (χ1v) is 12.6. The molecule has 3 amide bonds. The molecule has 9 heteroatoms. The first-order valence-electron chi connectivity index (χ1n) is 12.6. The fraction of sp³-hybridized carbons (Fsp3) is 0.577. The molecule has 4 unspecified atom stereocenters. The van der Waals surface area contributed by atoms with Crippen molar-refractivity contribution in [1.82, 2.24) is 25.4 Å². The van der Waals surface area contributed by atoms with E-state index in [0.717, 1.165) is 42.3 Å². The third-order valence-electron chi connectivity index (χ3n) is 6.79. The topological polar surface area (TPSA) is 107 Å². The monoisotopic (exact) mass is 483 g/mol. The number of aromatic nitrogens is 1. The van der Waals surface area contributed by atoms with Crippen molar-refractivity contribution >= 4 is 22.8 Å². The summed E-state index contributed by atoms with van der Waals surface area (Å²) < 4.78 is 6.20. The van der Waals surface area contributed by atoms with Gasteiger partial charge < -0.3 is 14.7 Å². The number of hydrogen-bond acceptors (Lipinski definition) is 7. The molecular formula is C26H37N5O4. The standard InChI is InChI=1S/C26H37N5O4/c1-17(2)15-31-24-23(25(33)30(3)26(31)34)28-20(9-5-4-6-13-32)22(29-24)16-35-19-11-10-18-8-7-12-27-21(18)14-19/h7-8,10-12,14,17,20,22-24,28-29,32H,4-6,9,13,15-16H2,1-3H3. The maximum Gasteiger partial charge on any atom is 0.327 e. The van der Waals surface area contributed by atoms with Crippen molar-refractivity contribution in [2.45, 2.75) is 63.8 Å². The van der Waals surface area contributed by atoms with Gasteiger partial charge in [-0.2, -0.15) is 0 Å². The maximum atomic E-state index is 13.0. The van der Waals surface area contributed by atoms with Crippen LogP contribution in [0.4, 0.5) is 4.79 Å². The van der Waals surface area contributed by atoms with Crippen molar-refractivity contribution in [2.75, 3.05) is 26.8 Å². The van der Waals surface area contributed by atoms with E-state index < -0.39 is 12.2 Å². The highest BCUT2D eigenvalue weighted by Crippen LogP contribution is 2.25. The zero-order valence-corrected chi connectivity index (χ0v) is 20.8. The first-order chi connectivity index (χ1) is 16.9. The van der Waals surface area contributed by atoms with E-state index in [4.69, 9.17) is 9.84 Å². The van der Waals surface area contributed by atoms with Crippen LogP contribution in [0.15, 0.2) is 36.5 Å². The number of imide groups is 1.